The van der Waals surface area contributed by atoms with Crippen molar-refractivity contribution in [3.05, 3.63) is 48.0 Å². The molecule has 1 saturated heterocycles. The van der Waals surface area contributed by atoms with Crippen LogP contribution < -0.4 is 4.90 Å². The van der Waals surface area contributed by atoms with E-state index in [9.17, 15) is 4.79 Å². The predicted octanol–water partition coefficient (Wildman–Crippen LogP) is 2.42. The van der Waals surface area contributed by atoms with Gasteiger partial charge in [-0.25, -0.2) is 4.98 Å². The fourth-order valence-corrected chi connectivity index (χ4v) is 3.13. The number of nitrogens with zero attached hydrogens (tertiary/aromatic N) is 3. The quantitative estimate of drug-likeness (QED) is 0.943. The molecule has 3 rings (SSSR count). The summed E-state index contributed by atoms with van der Waals surface area (Å²) >= 11 is 0. The van der Waals surface area contributed by atoms with Crippen LogP contribution in [0.5, 0.6) is 0 Å². The van der Waals surface area contributed by atoms with Crippen molar-refractivity contribution in [2.75, 3.05) is 32.1 Å². The van der Waals surface area contributed by atoms with Crippen molar-refractivity contribution in [2.45, 2.75) is 25.2 Å². The van der Waals surface area contributed by atoms with Gasteiger partial charge in [-0.1, -0.05) is 12.1 Å². The van der Waals surface area contributed by atoms with Gasteiger partial charge in [0.1, 0.15) is 5.82 Å². The molecule has 1 aromatic carbocycles. The highest BCUT2D eigenvalue weighted by Crippen LogP contribution is 2.24. The second-order valence-electron chi connectivity index (χ2n) is 6.39. The van der Waals surface area contributed by atoms with Gasteiger partial charge in [0, 0.05) is 51.2 Å². The molecule has 5 heteroatoms. The number of carbonyl (C=O) groups is 1. The molecule has 5 nitrogen and oxygen atoms in total. The Balaban J connectivity index is 1.61. The standard InChI is InChI=1S/C18H24N4O/c1-21(2)16-7-5-14(6-8-16)12-17(23)22-11-3-4-15(13-22)18-19-9-10-20-18/h5-10,15H,3-4,11-13H2,1-2H3,(H,19,20). The fourth-order valence-electron chi connectivity index (χ4n) is 3.13. The van der Waals surface area contributed by atoms with Crippen LogP contribution in [0, 0.1) is 0 Å². The summed E-state index contributed by atoms with van der Waals surface area (Å²) in [6.45, 7) is 1.62. The molecular weight excluding hydrogens is 288 g/mol. The van der Waals surface area contributed by atoms with Crippen LogP contribution in [0.25, 0.3) is 0 Å². The highest BCUT2D eigenvalue weighted by atomic mass is 16.2. The molecule has 1 aromatic heterocycles. The fraction of sp³-hybridized carbons (Fsp3) is 0.444. The largest absolute Gasteiger partial charge is 0.378 e. The predicted molar refractivity (Wildman–Crippen MR) is 91.6 cm³/mol. The molecule has 0 saturated carbocycles. The van der Waals surface area contributed by atoms with Gasteiger partial charge in [0.05, 0.1) is 6.42 Å². The number of aromatic amines is 1. The number of imidazole rings is 1. The number of likely N-dealkylation sites (tertiary alicyclic amines) is 1. The van der Waals surface area contributed by atoms with Gasteiger partial charge in [-0.2, -0.15) is 0 Å². The summed E-state index contributed by atoms with van der Waals surface area (Å²) in [6, 6.07) is 8.21. The maximum Gasteiger partial charge on any atom is 0.227 e. The van der Waals surface area contributed by atoms with Crippen molar-refractivity contribution >= 4 is 11.6 Å². The highest BCUT2D eigenvalue weighted by molar-refractivity contribution is 5.79. The second kappa shape index (κ2) is 6.86. The molecule has 0 radical (unpaired) electrons. The Hall–Kier alpha value is -2.30. The molecule has 122 valence electrons. The normalized spacial score (nSPS) is 18.0. The number of carbonyl (C=O) groups excluding carboxylic acids is 1. The van der Waals surface area contributed by atoms with E-state index in [1.54, 1.807) is 6.20 Å². The lowest BCUT2D eigenvalue weighted by Gasteiger charge is -2.32. The number of aromatic nitrogens is 2. The summed E-state index contributed by atoms with van der Waals surface area (Å²) in [5, 5.41) is 0. The van der Waals surface area contributed by atoms with Gasteiger partial charge in [0.25, 0.3) is 0 Å². The first kappa shape index (κ1) is 15.6. The van der Waals surface area contributed by atoms with Crippen molar-refractivity contribution < 1.29 is 4.79 Å². The van der Waals surface area contributed by atoms with Crippen LogP contribution in [0.3, 0.4) is 0 Å². The van der Waals surface area contributed by atoms with E-state index in [4.69, 9.17) is 0 Å². The van der Waals surface area contributed by atoms with Crippen LogP contribution in [0.4, 0.5) is 5.69 Å². The van der Waals surface area contributed by atoms with Crippen molar-refractivity contribution in [1.82, 2.24) is 14.9 Å². The number of rotatable bonds is 4. The second-order valence-corrected chi connectivity index (χ2v) is 6.39. The maximum atomic E-state index is 12.6. The van der Waals surface area contributed by atoms with Crippen LogP contribution in [-0.2, 0) is 11.2 Å². The molecule has 1 aliphatic rings. The molecule has 1 fully saturated rings. The summed E-state index contributed by atoms with van der Waals surface area (Å²) in [5.74, 6) is 1.54. The smallest absolute Gasteiger partial charge is 0.227 e. The molecule has 1 N–H and O–H groups in total. The van der Waals surface area contributed by atoms with E-state index >= 15 is 0 Å². The Bertz CT molecular complexity index is 634. The summed E-state index contributed by atoms with van der Waals surface area (Å²) < 4.78 is 0. The van der Waals surface area contributed by atoms with Crippen LogP contribution >= 0.6 is 0 Å². The number of hydrogen-bond acceptors (Lipinski definition) is 3. The van der Waals surface area contributed by atoms with Crippen LogP contribution in [0.1, 0.15) is 30.1 Å². The Labute approximate surface area is 137 Å². The number of anilines is 1. The number of benzene rings is 1. The molecule has 1 amide bonds. The summed E-state index contributed by atoms with van der Waals surface area (Å²) in [5.41, 5.74) is 2.22. The van der Waals surface area contributed by atoms with Crippen molar-refractivity contribution in [3.63, 3.8) is 0 Å². The van der Waals surface area contributed by atoms with Gasteiger partial charge in [0.2, 0.25) is 5.91 Å². The summed E-state index contributed by atoms with van der Waals surface area (Å²) in [6.07, 6.45) is 6.23. The Morgan fingerprint density at radius 1 is 1.35 bits per heavy atom. The molecule has 1 aliphatic heterocycles. The lowest BCUT2D eigenvalue weighted by atomic mass is 9.96. The number of hydrogen-bond donors (Lipinski definition) is 1. The number of nitrogens with one attached hydrogen (secondary N) is 1. The number of piperidine rings is 1. The van der Waals surface area contributed by atoms with Gasteiger partial charge in [-0.05, 0) is 30.5 Å². The van der Waals surface area contributed by atoms with Crippen molar-refractivity contribution in [1.29, 1.82) is 0 Å². The zero-order valence-corrected chi connectivity index (χ0v) is 13.8. The average molecular weight is 312 g/mol. The van der Waals surface area contributed by atoms with Gasteiger partial charge < -0.3 is 14.8 Å². The molecule has 2 heterocycles. The monoisotopic (exact) mass is 312 g/mol. The van der Waals surface area contributed by atoms with E-state index < -0.39 is 0 Å². The Kier molecular flexibility index (Phi) is 4.65. The van der Waals surface area contributed by atoms with E-state index in [1.165, 1.54) is 0 Å². The summed E-state index contributed by atoms with van der Waals surface area (Å²) in [4.78, 5) is 24.2. The third-order valence-electron chi connectivity index (χ3n) is 4.49. The SMILES string of the molecule is CN(C)c1ccc(CC(=O)N2CCCC(c3ncc[nH]3)C2)cc1. The minimum absolute atomic E-state index is 0.207. The molecule has 2 aromatic rings. The highest BCUT2D eigenvalue weighted by Gasteiger charge is 2.26. The lowest BCUT2D eigenvalue weighted by Crippen LogP contribution is -2.40. The topological polar surface area (TPSA) is 52.2 Å². The number of amides is 1. The number of H-pyrrole nitrogens is 1. The zero-order chi connectivity index (χ0) is 16.2. The minimum atomic E-state index is 0.207. The maximum absolute atomic E-state index is 12.6. The van der Waals surface area contributed by atoms with E-state index in [2.05, 4.69) is 27.0 Å². The van der Waals surface area contributed by atoms with E-state index in [1.807, 2.05) is 37.3 Å². The van der Waals surface area contributed by atoms with Gasteiger partial charge in [0.15, 0.2) is 0 Å². The van der Waals surface area contributed by atoms with Gasteiger partial charge in [-0.3, -0.25) is 4.79 Å². The van der Waals surface area contributed by atoms with Gasteiger partial charge >= 0.3 is 0 Å². The molecule has 1 atom stereocenters. The van der Waals surface area contributed by atoms with Crippen LogP contribution in [0.2, 0.25) is 0 Å². The zero-order valence-electron chi connectivity index (χ0n) is 13.8. The minimum Gasteiger partial charge on any atom is -0.378 e. The first-order chi connectivity index (χ1) is 11.1. The summed E-state index contributed by atoms with van der Waals surface area (Å²) in [7, 11) is 4.03. The molecule has 0 aliphatic carbocycles. The Morgan fingerprint density at radius 2 is 2.13 bits per heavy atom. The molecular formula is C18H24N4O. The molecule has 1 unspecified atom stereocenters. The Morgan fingerprint density at radius 3 is 2.78 bits per heavy atom. The first-order valence-corrected chi connectivity index (χ1v) is 8.17. The third-order valence-corrected chi connectivity index (χ3v) is 4.49. The van der Waals surface area contributed by atoms with Crippen LogP contribution in [-0.4, -0.2) is 48.0 Å². The third kappa shape index (κ3) is 3.73. The lowest BCUT2D eigenvalue weighted by molar-refractivity contribution is -0.131. The first-order valence-electron chi connectivity index (χ1n) is 8.17. The van der Waals surface area contributed by atoms with Gasteiger partial charge in [-0.15, -0.1) is 0 Å². The molecule has 23 heavy (non-hydrogen) atoms. The van der Waals surface area contributed by atoms with Crippen molar-refractivity contribution in [2.24, 2.45) is 0 Å². The molecule has 0 spiro atoms. The van der Waals surface area contributed by atoms with E-state index in [0.717, 1.165) is 43.0 Å². The van der Waals surface area contributed by atoms with Crippen molar-refractivity contribution in [3.8, 4) is 0 Å². The average Bonchev–Trinajstić information content (AvgIpc) is 3.10. The van der Waals surface area contributed by atoms with E-state index in [0.29, 0.717) is 12.3 Å². The van der Waals surface area contributed by atoms with Crippen LogP contribution in [0.15, 0.2) is 36.7 Å². The molecule has 0 bridgehead atoms. The van der Waals surface area contributed by atoms with E-state index in [-0.39, 0.29) is 5.91 Å².